The number of carbonyl (C=O) groups is 5. The Kier molecular flexibility index (Phi) is 14.2. The normalized spacial score (nSPS) is 23.4. The Hall–Kier alpha value is -4.65. The zero-order chi connectivity index (χ0) is 35.2. The van der Waals surface area contributed by atoms with Gasteiger partial charge in [-0.05, 0) is 74.2 Å². The molecule has 4 rings (SSSR count). The number of carbonyl (C=O) groups excluding carboxylic acids is 5. The molecule has 13 heteroatoms. The van der Waals surface area contributed by atoms with Gasteiger partial charge in [-0.15, -0.1) is 0 Å². The number of aryl methyl sites for hydroxylation is 1. The highest BCUT2D eigenvalue weighted by Gasteiger charge is 2.32. The van der Waals surface area contributed by atoms with Crippen molar-refractivity contribution >= 4 is 29.5 Å². The molecule has 2 aliphatic heterocycles. The fourth-order valence-electron chi connectivity index (χ4n) is 5.90. The standard InChI is InChI=1S/C36H50N6O7/c1-23(2)32-36(47)39-19-7-12-25-15-16-29(48-3)30(21-25)49-22-31(43)38-18-9-14-27(40-33(44)26-13-8-17-37-26)34(45)41-28(35(46)42-32)20-24-10-5-4-6-11-24/h4-6,10-11,15-16,21,23,26-28,32,37H,7-9,12-14,17-20,22H2,1-3H3,(H,38,43)(H,39,47)(H,40,44)(H,41,45)(H,42,46)/t26-,27+,28+,32-/m1/s1. The first-order valence-electron chi connectivity index (χ1n) is 17.2. The SMILES string of the molecule is COc1ccc2cc1OCC(=O)NCCC[C@H](NC(=O)[C@H]1CCCN1)C(=O)N[C@@H](Cc1ccccc1)C(=O)N[C@H](C(C)C)C(=O)NCCC2. The molecule has 1 fully saturated rings. The fraction of sp³-hybridized carbons (Fsp3) is 0.528. The van der Waals surface area contributed by atoms with Crippen LogP contribution >= 0.6 is 0 Å². The van der Waals surface area contributed by atoms with E-state index in [9.17, 15) is 24.0 Å². The van der Waals surface area contributed by atoms with Gasteiger partial charge in [0.15, 0.2) is 18.1 Å². The van der Waals surface area contributed by atoms with Crippen LogP contribution in [0.4, 0.5) is 0 Å². The van der Waals surface area contributed by atoms with E-state index in [0.29, 0.717) is 50.3 Å². The second-order valence-electron chi connectivity index (χ2n) is 12.9. The minimum absolute atomic E-state index is 0.176. The Balaban J connectivity index is 1.57. The molecule has 2 aliphatic rings. The summed E-state index contributed by atoms with van der Waals surface area (Å²) in [7, 11) is 1.52. The number of methoxy groups -OCH3 is 1. The van der Waals surface area contributed by atoms with E-state index >= 15 is 0 Å². The van der Waals surface area contributed by atoms with Gasteiger partial charge in [0.05, 0.1) is 13.2 Å². The quantitative estimate of drug-likeness (QED) is 0.264. The molecule has 0 radical (unpaired) electrons. The number of nitrogens with one attached hydrogen (secondary N) is 6. The Morgan fingerprint density at radius 2 is 1.65 bits per heavy atom. The monoisotopic (exact) mass is 678 g/mol. The van der Waals surface area contributed by atoms with E-state index < -0.39 is 36.0 Å². The van der Waals surface area contributed by atoms with Crippen molar-refractivity contribution in [2.24, 2.45) is 5.92 Å². The molecule has 2 aromatic rings. The molecule has 266 valence electrons. The van der Waals surface area contributed by atoms with Crippen molar-refractivity contribution in [1.82, 2.24) is 31.9 Å². The number of ether oxygens (including phenoxy) is 2. The first-order valence-corrected chi connectivity index (χ1v) is 17.2. The Bertz CT molecular complexity index is 1430. The first kappa shape index (κ1) is 37.2. The molecule has 2 bridgehead atoms. The number of hydrogen-bond acceptors (Lipinski definition) is 8. The van der Waals surface area contributed by atoms with Crippen LogP contribution in [-0.4, -0.2) is 87.1 Å². The largest absolute Gasteiger partial charge is 0.493 e. The second kappa shape index (κ2) is 18.8. The van der Waals surface area contributed by atoms with Gasteiger partial charge in [0.1, 0.15) is 18.1 Å². The average Bonchev–Trinajstić information content (AvgIpc) is 3.64. The molecule has 0 spiro atoms. The van der Waals surface area contributed by atoms with Gasteiger partial charge in [0.2, 0.25) is 23.6 Å². The zero-order valence-corrected chi connectivity index (χ0v) is 28.6. The van der Waals surface area contributed by atoms with Gasteiger partial charge in [0, 0.05) is 19.5 Å². The minimum Gasteiger partial charge on any atom is -0.493 e. The van der Waals surface area contributed by atoms with Crippen LogP contribution in [0.5, 0.6) is 11.5 Å². The number of benzene rings is 2. The smallest absolute Gasteiger partial charge is 0.257 e. The summed E-state index contributed by atoms with van der Waals surface area (Å²) >= 11 is 0. The number of amides is 5. The van der Waals surface area contributed by atoms with E-state index in [0.717, 1.165) is 17.5 Å². The molecule has 0 unspecified atom stereocenters. The van der Waals surface area contributed by atoms with Crippen LogP contribution in [0.15, 0.2) is 48.5 Å². The molecule has 6 N–H and O–H groups in total. The maximum Gasteiger partial charge on any atom is 0.257 e. The van der Waals surface area contributed by atoms with Crippen molar-refractivity contribution in [3.8, 4) is 11.5 Å². The van der Waals surface area contributed by atoms with Gasteiger partial charge in [0.25, 0.3) is 5.91 Å². The van der Waals surface area contributed by atoms with Crippen molar-refractivity contribution in [2.45, 2.75) is 83.0 Å². The zero-order valence-electron chi connectivity index (χ0n) is 28.6. The second-order valence-corrected chi connectivity index (χ2v) is 12.9. The Morgan fingerprint density at radius 1 is 0.898 bits per heavy atom. The highest BCUT2D eigenvalue weighted by Crippen LogP contribution is 2.28. The molecule has 49 heavy (non-hydrogen) atoms. The van der Waals surface area contributed by atoms with Crippen LogP contribution in [0.2, 0.25) is 0 Å². The van der Waals surface area contributed by atoms with Crippen LogP contribution in [0, 0.1) is 5.92 Å². The highest BCUT2D eigenvalue weighted by molar-refractivity contribution is 5.95. The molecule has 1 saturated heterocycles. The topological polar surface area (TPSA) is 176 Å². The third kappa shape index (κ3) is 11.5. The molecular formula is C36H50N6O7. The summed E-state index contributed by atoms with van der Waals surface area (Å²) in [5.74, 6) is -1.33. The molecule has 0 aliphatic carbocycles. The molecule has 0 saturated carbocycles. The van der Waals surface area contributed by atoms with Gasteiger partial charge in [-0.25, -0.2) is 0 Å². The third-order valence-electron chi connectivity index (χ3n) is 8.69. The van der Waals surface area contributed by atoms with Crippen molar-refractivity contribution in [2.75, 3.05) is 33.4 Å². The average molecular weight is 679 g/mol. The van der Waals surface area contributed by atoms with Gasteiger partial charge in [-0.1, -0.05) is 50.2 Å². The number of hydrogen-bond donors (Lipinski definition) is 6. The third-order valence-corrected chi connectivity index (χ3v) is 8.69. The molecule has 2 aromatic carbocycles. The molecule has 4 atom stereocenters. The Morgan fingerprint density at radius 3 is 2.37 bits per heavy atom. The lowest BCUT2D eigenvalue weighted by molar-refractivity contribution is -0.134. The van der Waals surface area contributed by atoms with Crippen LogP contribution in [0.25, 0.3) is 0 Å². The van der Waals surface area contributed by atoms with Crippen molar-refractivity contribution in [3.63, 3.8) is 0 Å². The van der Waals surface area contributed by atoms with E-state index in [1.165, 1.54) is 7.11 Å². The molecule has 13 nitrogen and oxygen atoms in total. The van der Waals surface area contributed by atoms with E-state index in [-0.39, 0.29) is 49.6 Å². The lowest BCUT2D eigenvalue weighted by atomic mass is 10.00. The Labute approximate surface area is 288 Å². The molecule has 5 amide bonds. The van der Waals surface area contributed by atoms with E-state index in [1.807, 2.05) is 56.3 Å². The predicted molar refractivity (Wildman–Crippen MR) is 184 cm³/mol. The summed E-state index contributed by atoms with van der Waals surface area (Å²) in [5, 5.41) is 17.5. The predicted octanol–water partition coefficient (Wildman–Crippen LogP) is 1.14. The van der Waals surface area contributed by atoms with E-state index in [2.05, 4.69) is 31.9 Å². The lowest BCUT2D eigenvalue weighted by Crippen LogP contribution is -2.59. The van der Waals surface area contributed by atoms with Crippen molar-refractivity contribution in [1.29, 1.82) is 0 Å². The fourth-order valence-corrected chi connectivity index (χ4v) is 5.90. The summed E-state index contributed by atoms with van der Waals surface area (Å²) in [6.07, 6.45) is 3.50. The van der Waals surface area contributed by atoms with Gasteiger partial charge < -0.3 is 41.4 Å². The van der Waals surface area contributed by atoms with E-state index in [4.69, 9.17) is 9.47 Å². The molecule has 0 aromatic heterocycles. The van der Waals surface area contributed by atoms with Crippen molar-refractivity contribution < 1.29 is 33.4 Å². The highest BCUT2D eigenvalue weighted by atomic mass is 16.5. The van der Waals surface area contributed by atoms with Crippen LogP contribution in [0.1, 0.15) is 57.1 Å². The summed E-state index contributed by atoms with van der Waals surface area (Å²) in [6.45, 7) is 4.77. The van der Waals surface area contributed by atoms with Crippen LogP contribution < -0.4 is 41.4 Å². The molecular weight excluding hydrogens is 628 g/mol. The van der Waals surface area contributed by atoms with Gasteiger partial charge in [-0.3, -0.25) is 24.0 Å². The maximum absolute atomic E-state index is 13.8. The summed E-state index contributed by atoms with van der Waals surface area (Å²) in [5.41, 5.74) is 1.76. The van der Waals surface area contributed by atoms with Crippen LogP contribution in [0.3, 0.4) is 0 Å². The maximum atomic E-state index is 13.8. The minimum atomic E-state index is -1.02. The number of rotatable bonds is 6. The number of fused-ring (bicyclic) bond motifs is 2. The van der Waals surface area contributed by atoms with Gasteiger partial charge in [-0.2, -0.15) is 0 Å². The van der Waals surface area contributed by atoms with Gasteiger partial charge >= 0.3 is 0 Å². The summed E-state index contributed by atoms with van der Waals surface area (Å²) < 4.78 is 11.2. The summed E-state index contributed by atoms with van der Waals surface area (Å²) in [4.78, 5) is 66.7. The summed E-state index contributed by atoms with van der Waals surface area (Å²) in [6, 6.07) is 11.5. The van der Waals surface area contributed by atoms with Crippen molar-refractivity contribution in [3.05, 3.63) is 59.7 Å². The lowest BCUT2D eigenvalue weighted by Gasteiger charge is -2.27. The van der Waals surface area contributed by atoms with E-state index in [1.54, 1.807) is 6.07 Å². The first-order chi connectivity index (χ1) is 23.6. The molecule has 2 heterocycles. The van der Waals surface area contributed by atoms with Crippen LogP contribution in [-0.2, 0) is 36.8 Å².